The number of ether oxygens (including phenoxy) is 2. The number of para-hydroxylation sites is 1. The molecule has 1 saturated heterocycles. The van der Waals surface area contributed by atoms with Crippen molar-refractivity contribution >= 4 is 105 Å². The van der Waals surface area contributed by atoms with E-state index in [2.05, 4.69) is 37.2 Å². The molecule has 0 bridgehead atoms. The minimum atomic E-state index is -4.62. The summed E-state index contributed by atoms with van der Waals surface area (Å²) in [7, 11) is -4.62. The number of carboxylic acid groups (broad SMARTS) is 3. The van der Waals surface area contributed by atoms with Crippen molar-refractivity contribution in [2.24, 2.45) is 5.92 Å². The minimum Gasteiger partial charge on any atom is -0.481 e. The predicted octanol–water partition coefficient (Wildman–Crippen LogP) is -3.31. The number of esters is 1. The minimum absolute atomic E-state index is 0.0332. The van der Waals surface area contributed by atoms with E-state index in [1.807, 2.05) is 16.0 Å². The highest BCUT2D eigenvalue weighted by molar-refractivity contribution is 7.85. The summed E-state index contributed by atoms with van der Waals surface area (Å²) in [4.78, 5) is 196. The van der Waals surface area contributed by atoms with Gasteiger partial charge in [-0.1, -0.05) is 49.4 Å². The zero-order chi connectivity index (χ0) is 67.3. The van der Waals surface area contributed by atoms with Gasteiger partial charge in [0.15, 0.2) is 5.78 Å². The SMILES string of the molecule is CC1CC(=O)NCC(=O)NC(CCCNC(=O)OCC2c3ccccc3-c3ccc(S(=O)(=O)O)cc32)C(=O)NC(CC(=O)O)C(=O)NCC(=O)NC(CC(=O)O)C(=O)NCC(=O)NCC(=O)NC(C(C)CC(=O)O)C(=O)NC(CC(=O)c2ccccc2N)C(=O)O1. The van der Waals surface area contributed by atoms with Crippen molar-refractivity contribution in [3.05, 3.63) is 83.4 Å². The van der Waals surface area contributed by atoms with E-state index in [0.29, 0.717) is 16.7 Å². The predicted molar refractivity (Wildman–Crippen MR) is 310 cm³/mol. The number of fused-ring (bicyclic) bond motifs is 3. The van der Waals surface area contributed by atoms with Gasteiger partial charge in [-0.2, -0.15) is 8.42 Å². The molecule has 16 N–H and O–H groups in total. The van der Waals surface area contributed by atoms with Crippen LogP contribution >= 0.6 is 0 Å². The number of ketones is 1. The molecule has 0 radical (unpaired) electrons. The molecule has 34 nitrogen and oxygen atoms in total. The molecule has 1 heterocycles. The molecular formula is C56H67N11O23S. The standard InChI is InChI=1S/C56H67N11O23S/c1-27(16-47(74)75)50-54(83)66-40(19-41(68)33-10-5-6-11-36(33)57)55(84)90-28(2)17-42(69)59-23-44(71)63-37(12-7-15-58-56(85)89-26-35-31-9-4-3-8-30(31)32-14-13-29(18-34(32)35)91(86,87)88)53(82)65-39(21-49(78)79)52(81)62-25-45(72)64-38(20-48(76)77)51(80)61-22-43(70)60-24-46(73)67-50/h3-6,8-11,13-14,18,27-28,35,37-40,50H,7,12,15-17,19-26,57H2,1-2H3,(H,58,85)(H,59,69)(H,60,70)(H,61,80)(H,62,81)(H,63,71)(H,64,72)(H,65,82)(H,66,83)(H,67,73)(H,74,75)(H,76,77)(H,78,79)(H,86,87,88). The number of anilines is 1. The van der Waals surface area contributed by atoms with Crippen molar-refractivity contribution < 1.29 is 110 Å². The number of nitrogen functional groups attached to an aromatic ring is 1. The molecule has 1 aliphatic heterocycles. The molecule has 3 aromatic carbocycles. The lowest BCUT2D eigenvalue weighted by Crippen LogP contribution is -2.57. The molecule has 1 fully saturated rings. The molecule has 3 aromatic rings. The first-order valence-corrected chi connectivity index (χ1v) is 29.3. The Morgan fingerprint density at radius 1 is 0.626 bits per heavy atom. The van der Waals surface area contributed by atoms with Gasteiger partial charge >= 0.3 is 30.0 Å². The third-order valence-corrected chi connectivity index (χ3v) is 14.6. The molecule has 8 atom stereocenters. The molecular weight excluding hydrogens is 1230 g/mol. The number of cyclic esters (lactones) is 1. The summed E-state index contributed by atoms with van der Waals surface area (Å²) in [5.74, 6) is -19.5. The Kier molecular flexibility index (Phi) is 25.9. The van der Waals surface area contributed by atoms with Crippen LogP contribution in [0, 0.1) is 5.92 Å². The Morgan fingerprint density at radius 2 is 1.18 bits per heavy atom. The maximum absolute atomic E-state index is 14.0. The molecule has 490 valence electrons. The number of Topliss-reactive ketones (excluding diaryl/α,β-unsaturated/α-hetero) is 1. The summed E-state index contributed by atoms with van der Waals surface area (Å²) < 4.78 is 44.6. The highest BCUT2D eigenvalue weighted by Gasteiger charge is 2.36. The zero-order valence-corrected chi connectivity index (χ0v) is 49.5. The molecule has 1 aliphatic carbocycles. The normalized spacial score (nSPS) is 21.6. The van der Waals surface area contributed by atoms with E-state index in [1.54, 1.807) is 24.3 Å². The van der Waals surface area contributed by atoms with Gasteiger partial charge in [0.05, 0.1) is 56.8 Å². The van der Waals surface area contributed by atoms with Crippen LogP contribution in [0.25, 0.3) is 11.1 Å². The Hall–Kier alpha value is -10.6. The Labute approximate surface area is 517 Å². The van der Waals surface area contributed by atoms with Crippen LogP contribution in [0.2, 0.25) is 0 Å². The summed E-state index contributed by atoms with van der Waals surface area (Å²) >= 11 is 0. The molecule has 0 saturated carbocycles. The van der Waals surface area contributed by atoms with Gasteiger partial charge in [0.25, 0.3) is 10.1 Å². The van der Waals surface area contributed by atoms with E-state index < -0.39 is 217 Å². The first-order chi connectivity index (χ1) is 42.9. The number of hydrogen-bond acceptors (Lipinski definition) is 20. The van der Waals surface area contributed by atoms with Crippen molar-refractivity contribution in [1.29, 1.82) is 0 Å². The fraction of sp³-hybridized carbons (Fsp3) is 0.411. The van der Waals surface area contributed by atoms with Crippen LogP contribution in [0.4, 0.5) is 10.5 Å². The molecule has 2 aliphatic rings. The number of nitrogens with two attached hydrogens (primary N) is 1. The Bertz CT molecular complexity index is 3450. The van der Waals surface area contributed by atoms with Crippen LogP contribution in [0.15, 0.2) is 71.6 Å². The summed E-state index contributed by atoms with van der Waals surface area (Å²) in [6.07, 6.45) is -7.58. The van der Waals surface area contributed by atoms with Crippen molar-refractivity contribution in [3.8, 4) is 11.1 Å². The number of hydrogen-bond donors (Lipinski definition) is 15. The highest BCUT2D eigenvalue weighted by Crippen LogP contribution is 2.45. The smallest absolute Gasteiger partial charge is 0.407 e. The maximum atomic E-state index is 14.0. The van der Waals surface area contributed by atoms with Crippen molar-refractivity contribution in [2.45, 2.75) is 106 Å². The highest BCUT2D eigenvalue weighted by atomic mass is 32.2. The average molecular weight is 1290 g/mol. The van der Waals surface area contributed by atoms with Gasteiger partial charge < -0.3 is 83.7 Å². The fourth-order valence-corrected chi connectivity index (χ4v) is 9.89. The molecule has 5 rings (SSSR count). The monoisotopic (exact) mass is 1290 g/mol. The molecule has 35 heteroatoms. The van der Waals surface area contributed by atoms with E-state index in [4.69, 9.17) is 15.2 Å². The van der Waals surface area contributed by atoms with Gasteiger partial charge in [-0.25, -0.2) is 9.59 Å². The number of amides is 10. The molecule has 10 amide bonds. The van der Waals surface area contributed by atoms with E-state index in [-0.39, 0.29) is 30.8 Å². The van der Waals surface area contributed by atoms with Gasteiger partial charge in [0.2, 0.25) is 53.2 Å². The summed E-state index contributed by atoms with van der Waals surface area (Å²) in [6, 6.07) is 7.14. The van der Waals surface area contributed by atoms with Crippen molar-refractivity contribution in [2.75, 3.05) is 45.1 Å². The number of carbonyl (C=O) groups excluding carboxylic acids is 12. The van der Waals surface area contributed by atoms with Gasteiger partial charge in [-0.05, 0) is 72.2 Å². The second-order valence-corrected chi connectivity index (χ2v) is 22.3. The fourth-order valence-electron chi connectivity index (χ4n) is 9.38. The van der Waals surface area contributed by atoms with Gasteiger partial charge in [-0.3, -0.25) is 66.9 Å². The Morgan fingerprint density at radius 3 is 1.80 bits per heavy atom. The number of alkyl carbamates (subject to hydrolysis) is 1. The second kappa shape index (κ2) is 33.1. The van der Waals surface area contributed by atoms with Crippen LogP contribution in [0.5, 0.6) is 0 Å². The number of aliphatic carboxylic acids is 3. The second-order valence-electron chi connectivity index (χ2n) is 20.9. The number of carbonyl (C=O) groups is 15. The summed E-state index contributed by atoms with van der Waals surface area (Å²) in [6.45, 7) is -2.08. The molecule has 0 spiro atoms. The van der Waals surface area contributed by atoms with Crippen LogP contribution < -0.4 is 58.9 Å². The van der Waals surface area contributed by atoms with E-state index in [0.717, 1.165) is 5.56 Å². The lowest BCUT2D eigenvalue weighted by Gasteiger charge is -2.26. The number of benzene rings is 3. The lowest BCUT2D eigenvalue weighted by molar-refractivity contribution is -0.154. The van der Waals surface area contributed by atoms with E-state index in [9.17, 15) is 100 Å². The third kappa shape index (κ3) is 22.2. The number of rotatable bonds is 17. The quantitative estimate of drug-likeness (QED) is 0.0207. The largest absolute Gasteiger partial charge is 0.481 e. The first kappa shape index (κ1) is 71.2. The maximum Gasteiger partial charge on any atom is 0.407 e. The third-order valence-electron chi connectivity index (χ3n) is 13.8. The summed E-state index contributed by atoms with van der Waals surface area (Å²) in [5.41, 5.74) is 8.32. The van der Waals surface area contributed by atoms with Crippen LogP contribution in [-0.4, -0.2) is 193 Å². The number of nitrogens with one attached hydrogen (secondary N) is 10. The average Bonchev–Trinajstić information content (AvgIpc) is 1.61. The van der Waals surface area contributed by atoms with Crippen LogP contribution in [0.3, 0.4) is 0 Å². The van der Waals surface area contributed by atoms with Crippen LogP contribution in [0.1, 0.15) is 86.2 Å². The van der Waals surface area contributed by atoms with Crippen molar-refractivity contribution in [3.63, 3.8) is 0 Å². The number of carboxylic acids is 3. The van der Waals surface area contributed by atoms with Crippen molar-refractivity contribution in [1.82, 2.24) is 53.2 Å². The van der Waals surface area contributed by atoms with E-state index >= 15 is 0 Å². The van der Waals surface area contributed by atoms with Crippen LogP contribution in [-0.2, 0) is 81.9 Å². The van der Waals surface area contributed by atoms with Gasteiger partial charge in [0, 0.05) is 30.1 Å². The topological polar surface area (TPSA) is 536 Å². The van der Waals surface area contributed by atoms with Gasteiger partial charge in [-0.15, -0.1) is 0 Å². The van der Waals surface area contributed by atoms with Gasteiger partial charge in [0.1, 0.15) is 42.9 Å². The molecule has 8 unspecified atom stereocenters. The summed E-state index contributed by atoms with van der Waals surface area (Å²) in [5, 5.41) is 50.6. The lowest BCUT2D eigenvalue weighted by atomic mass is 9.96. The molecule has 0 aromatic heterocycles. The Balaban J connectivity index is 1.37. The van der Waals surface area contributed by atoms with E-state index in [1.165, 1.54) is 56.3 Å². The zero-order valence-electron chi connectivity index (χ0n) is 48.7. The molecule has 91 heavy (non-hydrogen) atoms. The first-order valence-electron chi connectivity index (χ1n) is 27.8.